The molecule has 2 heterocycles. The van der Waals surface area contributed by atoms with Gasteiger partial charge in [0.15, 0.2) is 0 Å². The van der Waals surface area contributed by atoms with Crippen molar-refractivity contribution in [2.75, 3.05) is 19.6 Å². The maximum absolute atomic E-state index is 12.1. The fraction of sp³-hybridized carbons (Fsp3) is 0.750. The zero-order valence-electron chi connectivity index (χ0n) is 13.7. The minimum Gasteiger partial charge on any atom is -0.361 e. The van der Waals surface area contributed by atoms with Gasteiger partial charge in [0.2, 0.25) is 5.91 Å². The van der Waals surface area contributed by atoms with Gasteiger partial charge in [0, 0.05) is 17.6 Å². The summed E-state index contributed by atoms with van der Waals surface area (Å²) in [6.07, 6.45) is 4.19. The number of rotatable bonds is 5. The summed E-state index contributed by atoms with van der Waals surface area (Å²) >= 11 is 0. The molecule has 1 aromatic rings. The zero-order valence-corrected chi connectivity index (χ0v) is 13.7. The number of aryl methyl sites for hydroxylation is 2. The SMILES string of the molecule is Cc1noc(C)c1CC(=O)NCC(C)(C)N1CCCCC1. The highest BCUT2D eigenvalue weighted by Gasteiger charge is 2.28. The monoisotopic (exact) mass is 293 g/mol. The Labute approximate surface area is 127 Å². The molecule has 1 saturated heterocycles. The summed E-state index contributed by atoms with van der Waals surface area (Å²) in [5, 5.41) is 6.95. The van der Waals surface area contributed by atoms with Crippen LogP contribution in [-0.2, 0) is 11.2 Å². The van der Waals surface area contributed by atoms with E-state index in [1.165, 1.54) is 19.3 Å². The second kappa shape index (κ2) is 6.60. The van der Waals surface area contributed by atoms with E-state index in [4.69, 9.17) is 4.52 Å². The first-order valence-electron chi connectivity index (χ1n) is 7.83. The van der Waals surface area contributed by atoms with E-state index in [0.717, 1.165) is 30.1 Å². The van der Waals surface area contributed by atoms with E-state index < -0.39 is 0 Å². The van der Waals surface area contributed by atoms with Crippen LogP contribution in [0.25, 0.3) is 0 Å². The van der Waals surface area contributed by atoms with Gasteiger partial charge in [-0.2, -0.15) is 0 Å². The summed E-state index contributed by atoms with van der Waals surface area (Å²) in [6, 6.07) is 0. The Balaban J connectivity index is 1.85. The van der Waals surface area contributed by atoms with E-state index in [9.17, 15) is 4.79 Å². The molecule has 0 saturated carbocycles. The molecule has 1 aliphatic rings. The topological polar surface area (TPSA) is 58.4 Å². The van der Waals surface area contributed by atoms with Crippen molar-refractivity contribution in [2.45, 2.75) is 58.9 Å². The summed E-state index contributed by atoms with van der Waals surface area (Å²) < 4.78 is 5.10. The van der Waals surface area contributed by atoms with E-state index in [1.54, 1.807) is 0 Å². The number of hydrogen-bond donors (Lipinski definition) is 1. The standard InChI is InChI=1S/C16H27N3O2/c1-12-14(13(2)21-18-12)10-15(20)17-11-16(3,4)19-8-6-5-7-9-19/h5-11H2,1-4H3,(H,17,20). The molecule has 1 amide bonds. The third kappa shape index (κ3) is 4.06. The van der Waals surface area contributed by atoms with Crippen LogP contribution in [0.15, 0.2) is 4.52 Å². The molecule has 0 unspecified atom stereocenters. The van der Waals surface area contributed by atoms with Crippen molar-refractivity contribution >= 4 is 5.91 Å². The van der Waals surface area contributed by atoms with Gasteiger partial charge in [-0.15, -0.1) is 0 Å². The minimum absolute atomic E-state index is 0.00875. The second-order valence-electron chi connectivity index (χ2n) is 6.62. The van der Waals surface area contributed by atoms with Gasteiger partial charge in [0.05, 0.1) is 12.1 Å². The predicted octanol–water partition coefficient (Wildman–Crippen LogP) is 2.21. The largest absolute Gasteiger partial charge is 0.361 e. The molecule has 0 bridgehead atoms. The summed E-state index contributed by atoms with van der Waals surface area (Å²) in [5.74, 6) is 0.771. The first-order chi connectivity index (χ1) is 9.90. The average molecular weight is 293 g/mol. The summed E-state index contributed by atoms with van der Waals surface area (Å²) in [7, 11) is 0. The van der Waals surface area contributed by atoms with Gasteiger partial charge in [-0.3, -0.25) is 9.69 Å². The van der Waals surface area contributed by atoms with Crippen molar-refractivity contribution in [3.8, 4) is 0 Å². The number of carbonyl (C=O) groups excluding carboxylic acids is 1. The van der Waals surface area contributed by atoms with Crippen LogP contribution in [-0.4, -0.2) is 41.1 Å². The number of carbonyl (C=O) groups is 1. The van der Waals surface area contributed by atoms with Gasteiger partial charge in [-0.1, -0.05) is 11.6 Å². The van der Waals surface area contributed by atoms with Crippen LogP contribution in [0.1, 0.15) is 50.1 Å². The van der Waals surface area contributed by atoms with Gasteiger partial charge in [0.1, 0.15) is 5.76 Å². The number of nitrogens with one attached hydrogen (secondary N) is 1. The van der Waals surface area contributed by atoms with E-state index in [0.29, 0.717) is 13.0 Å². The molecule has 5 nitrogen and oxygen atoms in total. The molecule has 5 heteroatoms. The number of aromatic nitrogens is 1. The van der Waals surface area contributed by atoms with Gasteiger partial charge in [-0.05, 0) is 53.6 Å². The van der Waals surface area contributed by atoms with Crippen LogP contribution in [0.2, 0.25) is 0 Å². The molecular weight excluding hydrogens is 266 g/mol. The van der Waals surface area contributed by atoms with Crippen LogP contribution in [0, 0.1) is 13.8 Å². The summed E-state index contributed by atoms with van der Waals surface area (Å²) in [5.41, 5.74) is 1.72. The maximum atomic E-state index is 12.1. The molecule has 0 atom stereocenters. The molecule has 118 valence electrons. The quantitative estimate of drug-likeness (QED) is 0.904. The van der Waals surface area contributed by atoms with Crippen molar-refractivity contribution in [1.82, 2.24) is 15.4 Å². The average Bonchev–Trinajstić information content (AvgIpc) is 2.78. The Hall–Kier alpha value is -1.36. The first-order valence-corrected chi connectivity index (χ1v) is 7.83. The van der Waals surface area contributed by atoms with Crippen molar-refractivity contribution in [2.24, 2.45) is 0 Å². The number of likely N-dealkylation sites (tertiary alicyclic amines) is 1. The Morgan fingerprint density at radius 1 is 1.29 bits per heavy atom. The van der Waals surface area contributed by atoms with E-state index >= 15 is 0 Å². The normalized spacial score (nSPS) is 17.0. The minimum atomic E-state index is 0.00875. The first kappa shape index (κ1) is 16.0. The fourth-order valence-electron chi connectivity index (χ4n) is 2.90. The van der Waals surface area contributed by atoms with Crippen molar-refractivity contribution in [3.63, 3.8) is 0 Å². The molecule has 2 rings (SSSR count). The fourth-order valence-corrected chi connectivity index (χ4v) is 2.90. The van der Waals surface area contributed by atoms with E-state index in [-0.39, 0.29) is 11.4 Å². The molecule has 0 aliphatic carbocycles. The Kier molecular flexibility index (Phi) is 5.04. The lowest BCUT2D eigenvalue weighted by Gasteiger charge is -2.41. The number of nitrogens with zero attached hydrogens (tertiary/aromatic N) is 2. The highest BCUT2D eigenvalue weighted by atomic mass is 16.5. The highest BCUT2D eigenvalue weighted by Crippen LogP contribution is 2.20. The highest BCUT2D eigenvalue weighted by molar-refractivity contribution is 5.79. The lowest BCUT2D eigenvalue weighted by atomic mass is 9.98. The van der Waals surface area contributed by atoms with Crippen LogP contribution >= 0.6 is 0 Å². The van der Waals surface area contributed by atoms with Crippen LogP contribution < -0.4 is 5.32 Å². The number of piperidine rings is 1. The summed E-state index contributed by atoms with van der Waals surface area (Å²) in [4.78, 5) is 14.6. The Bertz CT molecular complexity index is 468. The summed E-state index contributed by atoms with van der Waals surface area (Å²) in [6.45, 7) is 11.1. The van der Waals surface area contributed by atoms with Gasteiger partial charge in [-0.25, -0.2) is 0 Å². The zero-order chi connectivity index (χ0) is 15.5. The van der Waals surface area contributed by atoms with E-state index in [2.05, 4.69) is 29.2 Å². The molecule has 1 N–H and O–H groups in total. The number of hydrogen-bond acceptors (Lipinski definition) is 4. The molecule has 1 fully saturated rings. The number of amides is 1. The third-order valence-corrected chi connectivity index (χ3v) is 4.45. The van der Waals surface area contributed by atoms with E-state index in [1.807, 2.05) is 13.8 Å². The molecule has 1 aliphatic heterocycles. The van der Waals surface area contributed by atoms with Crippen molar-refractivity contribution in [1.29, 1.82) is 0 Å². The maximum Gasteiger partial charge on any atom is 0.224 e. The lowest BCUT2D eigenvalue weighted by molar-refractivity contribution is -0.121. The smallest absolute Gasteiger partial charge is 0.224 e. The van der Waals surface area contributed by atoms with Crippen LogP contribution in [0.5, 0.6) is 0 Å². The Morgan fingerprint density at radius 2 is 1.95 bits per heavy atom. The molecular formula is C16H27N3O2. The second-order valence-corrected chi connectivity index (χ2v) is 6.62. The third-order valence-electron chi connectivity index (χ3n) is 4.45. The van der Waals surface area contributed by atoms with Gasteiger partial charge < -0.3 is 9.84 Å². The van der Waals surface area contributed by atoms with Gasteiger partial charge >= 0.3 is 0 Å². The molecule has 0 spiro atoms. The van der Waals surface area contributed by atoms with Crippen LogP contribution in [0.4, 0.5) is 0 Å². The molecule has 0 radical (unpaired) electrons. The lowest BCUT2D eigenvalue weighted by Crippen LogP contribution is -2.53. The van der Waals surface area contributed by atoms with Crippen molar-refractivity contribution in [3.05, 3.63) is 17.0 Å². The Morgan fingerprint density at radius 3 is 2.52 bits per heavy atom. The van der Waals surface area contributed by atoms with Crippen LogP contribution in [0.3, 0.4) is 0 Å². The predicted molar refractivity (Wildman–Crippen MR) is 82.2 cm³/mol. The van der Waals surface area contributed by atoms with Crippen molar-refractivity contribution < 1.29 is 9.32 Å². The molecule has 0 aromatic carbocycles. The van der Waals surface area contributed by atoms with Gasteiger partial charge in [0.25, 0.3) is 0 Å². The molecule has 1 aromatic heterocycles. The molecule has 21 heavy (non-hydrogen) atoms.